The van der Waals surface area contributed by atoms with Crippen molar-refractivity contribution >= 4 is 52.4 Å². The average molecular weight is 662 g/mol. The number of benzene rings is 1. The third-order valence-corrected chi connectivity index (χ3v) is 5.99. The molecule has 16 heteroatoms. The number of nitrogens with one attached hydrogen (secondary N) is 6. The van der Waals surface area contributed by atoms with Crippen LogP contribution in [0, 0.1) is 18.3 Å². The molecule has 4 amide bonds. The molecule has 0 saturated heterocycles. The van der Waals surface area contributed by atoms with E-state index in [0.717, 1.165) is 12.5 Å². The summed E-state index contributed by atoms with van der Waals surface area (Å²) in [6.07, 6.45) is 0.124. The first kappa shape index (κ1) is 39.9. The molecule has 2 atom stereocenters. The summed E-state index contributed by atoms with van der Waals surface area (Å²) >= 11 is 0. The van der Waals surface area contributed by atoms with Crippen LogP contribution in [-0.4, -0.2) is 71.6 Å². The maximum Gasteiger partial charge on any atom is 0.408 e. The van der Waals surface area contributed by atoms with Gasteiger partial charge < -0.3 is 46.6 Å². The highest BCUT2D eigenvalue weighted by Gasteiger charge is 2.26. The van der Waals surface area contributed by atoms with Gasteiger partial charge in [-0.25, -0.2) is 9.59 Å². The van der Waals surface area contributed by atoms with Gasteiger partial charge in [0, 0.05) is 36.7 Å². The first-order valence-electron chi connectivity index (χ1n) is 15.0. The van der Waals surface area contributed by atoms with Crippen LogP contribution in [0.3, 0.4) is 0 Å². The number of hydrogen-bond donors (Lipinski definition) is 8. The Labute approximate surface area is 273 Å². The SMILES string of the molecule is CC(=O)O.Cc1cc(=O)oc2cc(NC(=O)[C@H](CCCNC(=N)N)NC(=O)CNC(=O)[C@H](CC(C)C)NC(=O)OC(C)(C)C)ccc12. The summed E-state index contributed by atoms with van der Waals surface area (Å²) < 4.78 is 10.5. The van der Waals surface area contributed by atoms with Crippen LogP contribution in [-0.2, 0) is 23.9 Å². The van der Waals surface area contributed by atoms with E-state index in [2.05, 4.69) is 26.6 Å². The van der Waals surface area contributed by atoms with E-state index in [0.29, 0.717) is 36.0 Å². The van der Waals surface area contributed by atoms with Crippen molar-refractivity contribution in [2.24, 2.45) is 11.7 Å². The largest absolute Gasteiger partial charge is 0.481 e. The maximum absolute atomic E-state index is 13.2. The van der Waals surface area contributed by atoms with E-state index in [9.17, 15) is 24.0 Å². The molecule has 0 aliphatic carbocycles. The number of carbonyl (C=O) groups excluding carboxylic acids is 4. The number of nitrogens with two attached hydrogens (primary N) is 1. The fourth-order valence-corrected chi connectivity index (χ4v) is 4.12. The normalized spacial score (nSPS) is 12.1. The van der Waals surface area contributed by atoms with Crippen molar-refractivity contribution in [2.75, 3.05) is 18.4 Å². The van der Waals surface area contributed by atoms with Crippen LogP contribution in [0.4, 0.5) is 10.5 Å². The van der Waals surface area contributed by atoms with Crippen molar-refractivity contribution in [3.05, 3.63) is 40.2 Å². The van der Waals surface area contributed by atoms with Gasteiger partial charge in [-0.15, -0.1) is 0 Å². The van der Waals surface area contributed by atoms with Crippen molar-refractivity contribution in [1.29, 1.82) is 5.41 Å². The van der Waals surface area contributed by atoms with Crippen molar-refractivity contribution < 1.29 is 38.2 Å². The molecule has 0 bridgehead atoms. The molecule has 9 N–H and O–H groups in total. The van der Waals surface area contributed by atoms with E-state index in [1.165, 1.54) is 12.1 Å². The molecule has 0 fully saturated rings. The average Bonchev–Trinajstić information content (AvgIpc) is 2.90. The lowest BCUT2D eigenvalue weighted by atomic mass is 10.0. The lowest BCUT2D eigenvalue weighted by Gasteiger charge is -2.24. The minimum Gasteiger partial charge on any atom is -0.481 e. The first-order chi connectivity index (χ1) is 21.8. The number of fused-ring (bicyclic) bond motifs is 1. The predicted octanol–water partition coefficient (Wildman–Crippen LogP) is 1.93. The Hall–Kier alpha value is -5.15. The molecule has 0 unspecified atom stereocenters. The lowest BCUT2D eigenvalue weighted by Crippen LogP contribution is -2.52. The van der Waals surface area contributed by atoms with Gasteiger partial charge in [0.15, 0.2) is 5.96 Å². The van der Waals surface area contributed by atoms with E-state index >= 15 is 0 Å². The molecule has 1 aromatic carbocycles. The number of carboxylic acid groups (broad SMARTS) is 1. The Morgan fingerprint density at radius 1 is 1.02 bits per heavy atom. The van der Waals surface area contributed by atoms with E-state index in [1.807, 2.05) is 13.8 Å². The number of hydrogen-bond acceptors (Lipinski definition) is 9. The molecule has 1 heterocycles. The highest BCUT2D eigenvalue weighted by atomic mass is 16.6. The van der Waals surface area contributed by atoms with Crippen LogP contribution in [0.5, 0.6) is 0 Å². The number of ether oxygens (including phenoxy) is 1. The Morgan fingerprint density at radius 2 is 1.66 bits per heavy atom. The van der Waals surface area contributed by atoms with Crippen LogP contribution in [0.1, 0.15) is 66.4 Å². The number of aliphatic carboxylic acids is 1. The zero-order chi connectivity index (χ0) is 35.9. The standard InChI is InChI=1S/C29H43N7O7.C2H4O2/c1-16(2)12-21(36-28(41)43-29(4,5)6)25(39)33-15-23(37)35-20(8-7-11-32-27(30)31)26(40)34-18-9-10-19-17(3)13-24(38)42-22(19)14-18;1-2(3)4/h9-10,13-14,16,20-21H,7-8,11-12,15H2,1-6H3,(H,33,39)(H,34,40)(H,35,37)(H,36,41)(H4,30,31,32);1H3,(H,3,4)/t20-,21-;/m0./s1. The molecule has 2 aromatic rings. The number of carboxylic acids is 1. The van der Waals surface area contributed by atoms with E-state index in [-0.39, 0.29) is 18.3 Å². The first-order valence-corrected chi connectivity index (χ1v) is 15.0. The van der Waals surface area contributed by atoms with Crippen LogP contribution in [0.25, 0.3) is 11.0 Å². The molecular formula is C31H47N7O9. The van der Waals surface area contributed by atoms with E-state index < -0.39 is 59.6 Å². The van der Waals surface area contributed by atoms with Gasteiger partial charge in [0.25, 0.3) is 5.97 Å². The third kappa shape index (κ3) is 16.7. The monoisotopic (exact) mass is 661 g/mol. The van der Waals surface area contributed by atoms with Crippen LogP contribution in [0.15, 0.2) is 33.5 Å². The summed E-state index contributed by atoms with van der Waals surface area (Å²) in [5.74, 6) is -2.75. The summed E-state index contributed by atoms with van der Waals surface area (Å²) in [6, 6.07) is 4.31. The van der Waals surface area contributed by atoms with Gasteiger partial charge in [-0.3, -0.25) is 24.6 Å². The quantitative estimate of drug-likeness (QED) is 0.0666. The summed E-state index contributed by atoms with van der Waals surface area (Å²) in [4.78, 5) is 71.9. The number of amides is 4. The number of carbonyl (C=O) groups is 5. The Balaban J connectivity index is 0.00000260. The van der Waals surface area contributed by atoms with Crippen LogP contribution in [0.2, 0.25) is 0 Å². The van der Waals surface area contributed by atoms with E-state index in [1.54, 1.807) is 39.8 Å². The Kier molecular flexibility index (Phi) is 15.9. The highest BCUT2D eigenvalue weighted by molar-refractivity contribution is 5.99. The fraction of sp³-hybridized carbons (Fsp3) is 0.516. The number of anilines is 1. The molecule has 0 radical (unpaired) electrons. The van der Waals surface area contributed by atoms with Gasteiger partial charge in [0.1, 0.15) is 23.3 Å². The van der Waals surface area contributed by atoms with Gasteiger partial charge >= 0.3 is 11.7 Å². The molecule has 260 valence electrons. The molecule has 47 heavy (non-hydrogen) atoms. The van der Waals surface area contributed by atoms with Gasteiger partial charge in [-0.05, 0) is 70.6 Å². The smallest absolute Gasteiger partial charge is 0.408 e. The van der Waals surface area contributed by atoms with Crippen molar-refractivity contribution in [2.45, 2.75) is 85.4 Å². The number of guanidine groups is 1. The topological polar surface area (TPSA) is 255 Å². The Bertz CT molecular complexity index is 1480. The summed E-state index contributed by atoms with van der Waals surface area (Å²) in [7, 11) is 0. The number of aryl methyl sites for hydroxylation is 1. The molecule has 16 nitrogen and oxygen atoms in total. The van der Waals surface area contributed by atoms with Crippen LogP contribution >= 0.6 is 0 Å². The highest BCUT2D eigenvalue weighted by Crippen LogP contribution is 2.21. The van der Waals surface area contributed by atoms with Crippen molar-refractivity contribution in [1.82, 2.24) is 21.3 Å². The number of alkyl carbamates (subject to hydrolysis) is 1. The van der Waals surface area contributed by atoms with Crippen LogP contribution < -0.4 is 37.9 Å². The molecule has 1 aromatic heterocycles. The zero-order valence-corrected chi connectivity index (χ0v) is 27.9. The second-order valence-corrected chi connectivity index (χ2v) is 12.1. The van der Waals surface area contributed by atoms with Gasteiger partial charge in [-0.1, -0.05) is 13.8 Å². The lowest BCUT2D eigenvalue weighted by molar-refractivity contribution is -0.134. The Morgan fingerprint density at radius 3 is 2.23 bits per heavy atom. The third-order valence-electron chi connectivity index (χ3n) is 5.99. The molecule has 0 aliphatic heterocycles. The van der Waals surface area contributed by atoms with E-state index in [4.69, 9.17) is 30.2 Å². The van der Waals surface area contributed by atoms with Gasteiger partial charge in [0.2, 0.25) is 17.7 Å². The summed E-state index contributed by atoms with van der Waals surface area (Å²) in [5, 5.41) is 28.5. The maximum atomic E-state index is 13.2. The fourth-order valence-electron chi connectivity index (χ4n) is 4.12. The zero-order valence-electron chi connectivity index (χ0n) is 27.9. The molecule has 0 saturated carbocycles. The molecule has 2 rings (SSSR count). The number of rotatable bonds is 13. The molecular weight excluding hydrogens is 614 g/mol. The van der Waals surface area contributed by atoms with Gasteiger partial charge in [0.05, 0.1) is 6.54 Å². The van der Waals surface area contributed by atoms with Crippen molar-refractivity contribution in [3.8, 4) is 0 Å². The molecule has 0 spiro atoms. The summed E-state index contributed by atoms with van der Waals surface area (Å²) in [5.41, 5.74) is 5.43. The van der Waals surface area contributed by atoms with Crippen molar-refractivity contribution in [3.63, 3.8) is 0 Å². The second-order valence-electron chi connectivity index (χ2n) is 12.1. The second kappa shape index (κ2) is 18.7. The minimum atomic E-state index is -1.01. The minimum absolute atomic E-state index is 0.0586. The van der Waals surface area contributed by atoms with Gasteiger partial charge in [-0.2, -0.15) is 0 Å². The molecule has 0 aliphatic rings. The summed E-state index contributed by atoms with van der Waals surface area (Å²) in [6.45, 7) is 11.6. The predicted molar refractivity (Wildman–Crippen MR) is 176 cm³/mol.